The van der Waals surface area contributed by atoms with Gasteiger partial charge in [-0.05, 0) is 66.3 Å². The number of fused-ring (bicyclic) bond motifs is 1. The van der Waals surface area contributed by atoms with Gasteiger partial charge in [0.05, 0.1) is 11.6 Å². The quantitative estimate of drug-likeness (QED) is 0.380. The Morgan fingerprint density at radius 1 is 0.968 bits per heavy atom. The number of benzene rings is 3. The van der Waals surface area contributed by atoms with Crippen molar-refractivity contribution in [2.75, 3.05) is 5.32 Å². The molecule has 0 fully saturated rings. The second-order valence-electron chi connectivity index (χ2n) is 7.54. The van der Waals surface area contributed by atoms with Gasteiger partial charge in [0.2, 0.25) is 0 Å². The van der Waals surface area contributed by atoms with Gasteiger partial charge < -0.3 is 5.32 Å². The average Bonchev–Trinajstić information content (AvgIpc) is 3.27. The minimum Gasteiger partial charge on any atom is -0.324 e. The lowest BCUT2D eigenvalue weighted by Crippen LogP contribution is -2.45. The van der Waals surface area contributed by atoms with Crippen molar-refractivity contribution in [3.63, 3.8) is 0 Å². The van der Waals surface area contributed by atoms with E-state index in [9.17, 15) is 9.59 Å². The van der Waals surface area contributed by atoms with Gasteiger partial charge in [-0.3, -0.25) is 14.6 Å². The number of anilines is 1. The maximum absolute atomic E-state index is 13.3. The summed E-state index contributed by atoms with van der Waals surface area (Å²) >= 11 is 0. The van der Waals surface area contributed by atoms with E-state index in [0.29, 0.717) is 16.8 Å². The number of hydrogen-bond acceptors (Lipinski definition) is 4. The van der Waals surface area contributed by atoms with Crippen LogP contribution >= 0.6 is 0 Å². The highest BCUT2D eigenvalue weighted by Gasteiger charge is 2.30. The van der Waals surface area contributed by atoms with Gasteiger partial charge in [-0.2, -0.15) is 5.26 Å². The van der Waals surface area contributed by atoms with Gasteiger partial charge in [-0.1, -0.05) is 42.5 Å². The van der Waals surface area contributed by atoms with Gasteiger partial charge >= 0.3 is 0 Å². The van der Waals surface area contributed by atoms with Gasteiger partial charge in [-0.15, -0.1) is 0 Å². The minimum absolute atomic E-state index is 0.243. The van der Waals surface area contributed by atoms with Gasteiger partial charge in [0.25, 0.3) is 11.8 Å². The Bertz CT molecular complexity index is 1170. The number of hydrogen-bond donors (Lipinski definition) is 2. The zero-order chi connectivity index (χ0) is 21.8. The number of nitrogens with zero attached hydrogens (tertiary/aromatic N) is 2. The smallest absolute Gasteiger partial charge is 0.268 e. The molecule has 0 spiro atoms. The van der Waals surface area contributed by atoms with E-state index in [-0.39, 0.29) is 5.56 Å². The molecule has 2 amide bonds. The molecule has 6 heteroatoms. The largest absolute Gasteiger partial charge is 0.324 e. The van der Waals surface area contributed by atoms with Crippen LogP contribution in [0.3, 0.4) is 0 Å². The lowest BCUT2D eigenvalue weighted by atomic mass is 10.0. The van der Waals surface area contributed by atoms with E-state index in [1.807, 2.05) is 30.3 Å². The third kappa shape index (κ3) is 4.32. The van der Waals surface area contributed by atoms with Crippen LogP contribution in [0.2, 0.25) is 0 Å². The molecule has 4 rings (SSSR count). The molecule has 3 N–H and O–H groups in total. The molecule has 0 saturated carbocycles. The van der Waals surface area contributed by atoms with Gasteiger partial charge in [-0.25, -0.2) is 5.84 Å². The number of nitrogens with two attached hydrogens (primary N) is 1. The Morgan fingerprint density at radius 3 is 2.52 bits per heavy atom. The van der Waals surface area contributed by atoms with E-state index in [2.05, 4.69) is 5.32 Å². The molecule has 0 aliphatic heterocycles. The Morgan fingerprint density at radius 2 is 1.74 bits per heavy atom. The molecule has 154 valence electrons. The van der Waals surface area contributed by atoms with Gasteiger partial charge in [0.15, 0.2) is 6.04 Å². The number of aryl methyl sites for hydroxylation is 2. The Labute approximate surface area is 180 Å². The van der Waals surface area contributed by atoms with Crippen molar-refractivity contribution in [3.05, 3.63) is 101 Å². The first kappa shape index (κ1) is 20.3. The third-order valence-corrected chi connectivity index (χ3v) is 5.48. The van der Waals surface area contributed by atoms with Crippen molar-refractivity contribution in [2.45, 2.75) is 25.3 Å². The summed E-state index contributed by atoms with van der Waals surface area (Å²) in [4.78, 5) is 26.3. The normalized spacial score (nSPS) is 13.0. The van der Waals surface area contributed by atoms with E-state index in [1.165, 1.54) is 17.2 Å². The van der Waals surface area contributed by atoms with Gasteiger partial charge in [0.1, 0.15) is 0 Å². The van der Waals surface area contributed by atoms with Crippen LogP contribution in [0.25, 0.3) is 0 Å². The maximum Gasteiger partial charge on any atom is 0.268 e. The zero-order valence-electron chi connectivity index (χ0n) is 16.9. The van der Waals surface area contributed by atoms with Crippen LogP contribution in [0.4, 0.5) is 5.69 Å². The van der Waals surface area contributed by atoms with E-state index < -0.39 is 17.9 Å². The molecule has 0 saturated heterocycles. The highest BCUT2D eigenvalue weighted by molar-refractivity contribution is 6.01. The summed E-state index contributed by atoms with van der Waals surface area (Å²) < 4.78 is 0. The summed E-state index contributed by atoms with van der Waals surface area (Å²) in [6.45, 7) is 0. The van der Waals surface area contributed by atoms with E-state index in [1.54, 1.807) is 42.5 Å². The van der Waals surface area contributed by atoms with Crippen molar-refractivity contribution in [2.24, 2.45) is 5.84 Å². The number of carbonyl (C=O) groups excluding carboxylic acids is 2. The fourth-order valence-corrected chi connectivity index (χ4v) is 3.92. The molecule has 3 aromatic carbocycles. The van der Waals surface area contributed by atoms with Crippen molar-refractivity contribution in [3.8, 4) is 6.07 Å². The molecule has 1 aliphatic carbocycles. The highest BCUT2D eigenvalue weighted by Crippen LogP contribution is 2.27. The van der Waals surface area contributed by atoms with Crippen molar-refractivity contribution in [1.29, 1.82) is 5.26 Å². The second-order valence-corrected chi connectivity index (χ2v) is 7.54. The molecule has 1 aliphatic rings. The van der Waals surface area contributed by atoms with E-state index in [0.717, 1.165) is 24.3 Å². The lowest BCUT2D eigenvalue weighted by Gasteiger charge is -2.27. The first-order chi connectivity index (χ1) is 15.1. The van der Waals surface area contributed by atoms with Gasteiger partial charge in [0, 0.05) is 11.3 Å². The highest BCUT2D eigenvalue weighted by atomic mass is 16.2. The van der Waals surface area contributed by atoms with Crippen molar-refractivity contribution < 1.29 is 9.59 Å². The molecule has 0 heterocycles. The van der Waals surface area contributed by atoms with Crippen LogP contribution in [0.15, 0.2) is 72.8 Å². The summed E-state index contributed by atoms with van der Waals surface area (Å²) in [5.41, 5.74) is 4.41. The molecular weight excluding hydrogens is 388 g/mol. The minimum atomic E-state index is -1.03. The number of hydrazine groups is 1. The predicted octanol–water partition coefficient (Wildman–Crippen LogP) is 3.74. The monoisotopic (exact) mass is 410 g/mol. The molecular formula is C25H22N4O2. The first-order valence-corrected chi connectivity index (χ1v) is 10.1. The number of carbonyl (C=O) groups is 2. The summed E-state index contributed by atoms with van der Waals surface area (Å²) in [7, 11) is 0. The number of amides is 2. The summed E-state index contributed by atoms with van der Waals surface area (Å²) in [6, 6.07) is 22.1. The molecule has 0 radical (unpaired) electrons. The Kier molecular flexibility index (Phi) is 5.78. The standard InChI is InChI=1S/C25H22N4O2/c26-16-17-6-4-11-21(14-17)25(31)29(27)23(19-7-2-1-3-8-19)24(30)28-22-13-12-18-9-5-10-20(18)15-22/h1-4,6-8,11-15,23H,5,9-10,27H2,(H,28,30)/t23-/m1/s1. The molecule has 3 aromatic rings. The number of nitriles is 1. The van der Waals surface area contributed by atoms with Crippen LogP contribution in [-0.2, 0) is 17.6 Å². The summed E-state index contributed by atoms with van der Waals surface area (Å²) in [5, 5.41) is 13.0. The lowest BCUT2D eigenvalue weighted by molar-refractivity contribution is -0.120. The van der Waals surface area contributed by atoms with Crippen molar-refractivity contribution >= 4 is 17.5 Å². The van der Waals surface area contributed by atoms with Crippen LogP contribution in [0.1, 0.15) is 45.1 Å². The average molecular weight is 410 g/mol. The molecule has 6 nitrogen and oxygen atoms in total. The maximum atomic E-state index is 13.3. The predicted molar refractivity (Wildman–Crippen MR) is 118 cm³/mol. The van der Waals surface area contributed by atoms with E-state index in [4.69, 9.17) is 11.1 Å². The van der Waals surface area contributed by atoms with Crippen LogP contribution in [0.5, 0.6) is 0 Å². The SMILES string of the molecule is N#Cc1cccc(C(=O)N(N)[C@@H](C(=O)Nc2ccc3c(c2)CCC3)c2ccccc2)c1. The second kappa shape index (κ2) is 8.82. The topological polar surface area (TPSA) is 99.2 Å². The number of rotatable bonds is 5. The third-order valence-electron chi connectivity index (χ3n) is 5.48. The van der Waals surface area contributed by atoms with Crippen molar-refractivity contribution in [1.82, 2.24) is 5.01 Å². The number of nitrogens with one attached hydrogen (secondary N) is 1. The molecule has 0 bridgehead atoms. The zero-order valence-corrected chi connectivity index (χ0v) is 16.9. The molecule has 0 aromatic heterocycles. The fraction of sp³-hybridized carbons (Fsp3) is 0.160. The van der Waals surface area contributed by atoms with E-state index >= 15 is 0 Å². The molecule has 1 atom stereocenters. The summed E-state index contributed by atoms with van der Waals surface area (Å²) in [6.07, 6.45) is 3.17. The Hall–Kier alpha value is -3.95. The van der Waals surface area contributed by atoms with Crippen LogP contribution < -0.4 is 11.2 Å². The molecule has 31 heavy (non-hydrogen) atoms. The van der Waals surface area contributed by atoms with Crippen LogP contribution in [-0.4, -0.2) is 16.8 Å². The fourth-order valence-electron chi connectivity index (χ4n) is 3.92. The summed E-state index contributed by atoms with van der Waals surface area (Å²) in [5.74, 6) is 5.25. The molecule has 0 unspecified atom stereocenters. The first-order valence-electron chi connectivity index (χ1n) is 10.1. The Balaban J connectivity index is 1.63. The van der Waals surface area contributed by atoms with Crippen LogP contribution in [0, 0.1) is 11.3 Å².